The molecule has 106 valence electrons. The number of ether oxygens (including phenoxy) is 1. The van der Waals surface area contributed by atoms with Crippen LogP contribution in [0.4, 0.5) is 0 Å². The van der Waals surface area contributed by atoms with Crippen LogP contribution in [0, 0.1) is 6.92 Å². The number of rotatable bonds is 4. The number of fused-ring (bicyclic) bond motifs is 1. The number of aryl methyl sites for hydroxylation is 1. The van der Waals surface area contributed by atoms with E-state index in [1.165, 1.54) is 11.1 Å². The Labute approximate surface area is 116 Å². The van der Waals surface area contributed by atoms with Crippen LogP contribution >= 0.6 is 0 Å². The highest BCUT2D eigenvalue weighted by molar-refractivity contribution is 5.43. The summed E-state index contributed by atoms with van der Waals surface area (Å²) >= 11 is 0. The highest BCUT2D eigenvalue weighted by atomic mass is 16.5. The second-order valence-electron chi connectivity index (χ2n) is 5.36. The third-order valence-corrected chi connectivity index (χ3v) is 4.34. The van der Waals surface area contributed by atoms with Crippen LogP contribution < -0.4 is 10.5 Å². The van der Waals surface area contributed by atoms with E-state index in [0.717, 1.165) is 38.3 Å². The molecule has 1 atom stereocenters. The van der Waals surface area contributed by atoms with Gasteiger partial charge in [0.15, 0.2) is 0 Å². The average molecular weight is 262 g/mol. The van der Waals surface area contributed by atoms with E-state index in [4.69, 9.17) is 10.5 Å². The molecule has 1 aliphatic heterocycles. The molecule has 0 saturated carbocycles. The van der Waals surface area contributed by atoms with Crippen LogP contribution in [0.25, 0.3) is 0 Å². The third-order valence-electron chi connectivity index (χ3n) is 4.34. The van der Waals surface area contributed by atoms with Crippen molar-refractivity contribution >= 4 is 0 Å². The SMILES string of the molecule is CCN(CC)C1(CN)CCCOc2ccc(C)cc21. The van der Waals surface area contributed by atoms with Crippen LogP contribution in [0.1, 0.15) is 37.8 Å². The van der Waals surface area contributed by atoms with Crippen molar-refractivity contribution in [3.8, 4) is 5.75 Å². The first-order valence-corrected chi connectivity index (χ1v) is 7.37. The minimum absolute atomic E-state index is 0.0681. The van der Waals surface area contributed by atoms with E-state index < -0.39 is 0 Å². The van der Waals surface area contributed by atoms with Gasteiger partial charge in [0.25, 0.3) is 0 Å². The highest BCUT2D eigenvalue weighted by Gasteiger charge is 2.39. The maximum absolute atomic E-state index is 6.23. The van der Waals surface area contributed by atoms with Crippen molar-refractivity contribution in [2.24, 2.45) is 5.73 Å². The lowest BCUT2D eigenvalue weighted by molar-refractivity contribution is 0.0953. The monoisotopic (exact) mass is 262 g/mol. The summed E-state index contributed by atoms with van der Waals surface area (Å²) in [6, 6.07) is 6.48. The fourth-order valence-corrected chi connectivity index (χ4v) is 3.31. The van der Waals surface area contributed by atoms with Crippen molar-refractivity contribution in [1.82, 2.24) is 4.90 Å². The Kier molecular flexibility index (Phi) is 4.48. The Bertz CT molecular complexity index is 429. The minimum Gasteiger partial charge on any atom is -0.493 e. The van der Waals surface area contributed by atoms with E-state index >= 15 is 0 Å². The largest absolute Gasteiger partial charge is 0.493 e. The molecule has 19 heavy (non-hydrogen) atoms. The van der Waals surface area contributed by atoms with Crippen LogP contribution in [-0.2, 0) is 5.54 Å². The van der Waals surface area contributed by atoms with Gasteiger partial charge in [0, 0.05) is 12.1 Å². The normalized spacial score (nSPS) is 22.8. The molecule has 0 bridgehead atoms. The first-order chi connectivity index (χ1) is 9.17. The van der Waals surface area contributed by atoms with Gasteiger partial charge in [-0.3, -0.25) is 4.90 Å². The fourth-order valence-electron chi connectivity index (χ4n) is 3.31. The van der Waals surface area contributed by atoms with Crippen LogP contribution in [0.3, 0.4) is 0 Å². The van der Waals surface area contributed by atoms with Gasteiger partial charge in [-0.25, -0.2) is 0 Å². The quantitative estimate of drug-likeness (QED) is 0.906. The predicted molar refractivity (Wildman–Crippen MR) is 79.6 cm³/mol. The van der Waals surface area contributed by atoms with Crippen molar-refractivity contribution in [2.75, 3.05) is 26.2 Å². The molecule has 3 heteroatoms. The molecule has 0 amide bonds. The third kappa shape index (κ3) is 2.49. The molecule has 0 radical (unpaired) electrons. The Morgan fingerprint density at radius 3 is 2.68 bits per heavy atom. The van der Waals surface area contributed by atoms with Gasteiger partial charge in [0.1, 0.15) is 5.75 Å². The van der Waals surface area contributed by atoms with E-state index in [1.807, 2.05) is 0 Å². The summed E-state index contributed by atoms with van der Waals surface area (Å²) in [5.41, 5.74) is 8.71. The molecule has 2 rings (SSSR count). The van der Waals surface area contributed by atoms with Crippen LogP contribution in [0.5, 0.6) is 5.75 Å². The molecular weight excluding hydrogens is 236 g/mol. The zero-order chi connectivity index (χ0) is 13.9. The number of nitrogens with two attached hydrogens (primary N) is 1. The Hall–Kier alpha value is -1.06. The molecular formula is C16H26N2O. The van der Waals surface area contributed by atoms with Crippen molar-refractivity contribution in [2.45, 2.75) is 39.2 Å². The first-order valence-electron chi connectivity index (χ1n) is 7.37. The molecule has 1 unspecified atom stereocenters. The second kappa shape index (κ2) is 5.93. The van der Waals surface area contributed by atoms with Crippen molar-refractivity contribution in [3.63, 3.8) is 0 Å². The molecule has 1 aromatic rings. The molecule has 1 aliphatic rings. The van der Waals surface area contributed by atoms with Gasteiger partial charge in [-0.1, -0.05) is 31.5 Å². The molecule has 0 saturated heterocycles. The molecule has 1 heterocycles. The van der Waals surface area contributed by atoms with Crippen molar-refractivity contribution in [3.05, 3.63) is 29.3 Å². The summed E-state index contributed by atoms with van der Waals surface area (Å²) in [6.07, 6.45) is 2.13. The van der Waals surface area contributed by atoms with Gasteiger partial charge in [-0.15, -0.1) is 0 Å². The summed E-state index contributed by atoms with van der Waals surface area (Å²) in [5, 5.41) is 0. The molecule has 2 N–H and O–H groups in total. The van der Waals surface area contributed by atoms with E-state index in [9.17, 15) is 0 Å². The van der Waals surface area contributed by atoms with Gasteiger partial charge in [-0.2, -0.15) is 0 Å². The summed E-state index contributed by atoms with van der Waals surface area (Å²) in [6.45, 7) is 10.0. The summed E-state index contributed by atoms with van der Waals surface area (Å²) < 4.78 is 5.92. The lowest BCUT2D eigenvalue weighted by Gasteiger charge is -2.42. The number of benzene rings is 1. The van der Waals surface area contributed by atoms with E-state index in [0.29, 0.717) is 6.54 Å². The van der Waals surface area contributed by atoms with Crippen molar-refractivity contribution in [1.29, 1.82) is 0 Å². The number of nitrogens with zero attached hydrogens (tertiary/aromatic N) is 1. The van der Waals surface area contributed by atoms with Crippen LogP contribution in [-0.4, -0.2) is 31.1 Å². The Morgan fingerprint density at radius 1 is 1.32 bits per heavy atom. The molecule has 0 aromatic heterocycles. The summed E-state index contributed by atoms with van der Waals surface area (Å²) in [5.74, 6) is 1.01. The topological polar surface area (TPSA) is 38.5 Å². The van der Waals surface area contributed by atoms with Crippen molar-refractivity contribution < 1.29 is 4.74 Å². The smallest absolute Gasteiger partial charge is 0.124 e. The molecule has 1 aromatic carbocycles. The standard InChI is InChI=1S/C16H26N2O/c1-4-18(5-2)16(12-17)9-6-10-19-15-8-7-13(3)11-14(15)16/h7-8,11H,4-6,9-10,12,17H2,1-3H3. The summed E-state index contributed by atoms with van der Waals surface area (Å²) in [7, 11) is 0. The van der Waals surface area contributed by atoms with Gasteiger partial charge in [0.2, 0.25) is 0 Å². The number of likely N-dealkylation sites (N-methyl/N-ethyl adjacent to an activating group) is 1. The molecule has 0 spiro atoms. The fraction of sp³-hybridized carbons (Fsp3) is 0.625. The second-order valence-corrected chi connectivity index (χ2v) is 5.36. The van der Waals surface area contributed by atoms with Gasteiger partial charge in [0.05, 0.1) is 12.1 Å². The maximum atomic E-state index is 6.23. The van der Waals surface area contributed by atoms with E-state index in [2.05, 4.69) is 43.9 Å². The zero-order valence-electron chi connectivity index (χ0n) is 12.4. The Balaban J connectivity index is 2.57. The van der Waals surface area contributed by atoms with Crippen LogP contribution in [0.2, 0.25) is 0 Å². The first kappa shape index (κ1) is 14.4. The molecule has 3 nitrogen and oxygen atoms in total. The average Bonchev–Trinajstić information content (AvgIpc) is 2.61. The van der Waals surface area contributed by atoms with E-state index in [-0.39, 0.29) is 5.54 Å². The summed E-state index contributed by atoms with van der Waals surface area (Å²) in [4.78, 5) is 2.49. The minimum atomic E-state index is -0.0681. The van der Waals surface area contributed by atoms with Gasteiger partial charge < -0.3 is 10.5 Å². The number of hydrogen-bond donors (Lipinski definition) is 1. The van der Waals surface area contributed by atoms with E-state index in [1.54, 1.807) is 0 Å². The zero-order valence-corrected chi connectivity index (χ0v) is 12.4. The molecule has 0 fully saturated rings. The highest BCUT2D eigenvalue weighted by Crippen LogP contribution is 2.40. The van der Waals surface area contributed by atoms with Gasteiger partial charge in [-0.05, 0) is 38.9 Å². The predicted octanol–water partition coefficient (Wildman–Crippen LogP) is 2.66. The Morgan fingerprint density at radius 2 is 2.05 bits per heavy atom. The maximum Gasteiger partial charge on any atom is 0.124 e. The molecule has 0 aliphatic carbocycles. The van der Waals surface area contributed by atoms with Crippen LogP contribution in [0.15, 0.2) is 18.2 Å². The number of hydrogen-bond acceptors (Lipinski definition) is 3. The lowest BCUT2D eigenvalue weighted by atomic mass is 9.82. The van der Waals surface area contributed by atoms with Gasteiger partial charge >= 0.3 is 0 Å². The lowest BCUT2D eigenvalue weighted by Crippen LogP contribution is -2.51.